The lowest BCUT2D eigenvalue weighted by atomic mass is 9.91. The Kier molecular flexibility index (Phi) is 7.11. The summed E-state index contributed by atoms with van der Waals surface area (Å²) in [5, 5.41) is 0.744. The largest absolute Gasteiger partial charge is 0.310 e. The summed E-state index contributed by atoms with van der Waals surface area (Å²) in [6.07, 6.45) is 7.20. The molecule has 0 aliphatic heterocycles. The van der Waals surface area contributed by atoms with E-state index in [9.17, 15) is 0 Å². The van der Waals surface area contributed by atoms with E-state index < -0.39 is 0 Å². The average Bonchev–Trinajstić information content (AvgIpc) is 2.98. The predicted molar refractivity (Wildman–Crippen MR) is 163 cm³/mol. The zero-order valence-corrected chi connectivity index (χ0v) is 22.1. The molecule has 0 atom stereocenters. The van der Waals surface area contributed by atoms with Crippen LogP contribution in [0.1, 0.15) is 40.7 Å². The first-order valence-electron chi connectivity index (χ1n) is 13.3. The van der Waals surface area contributed by atoms with Gasteiger partial charge in [0.05, 0.1) is 0 Å². The molecule has 5 aromatic rings. The molecular weight excluding hydrogens is 482 g/mol. The molecule has 2 heteroatoms. The Morgan fingerprint density at radius 2 is 1.13 bits per heavy atom. The molecule has 0 bridgehead atoms. The summed E-state index contributed by atoms with van der Waals surface area (Å²) in [6, 6.07) is 45.1. The maximum absolute atomic E-state index is 6.19. The van der Waals surface area contributed by atoms with Crippen LogP contribution in [-0.2, 0) is 12.8 Å². The molecule has 1 aliphatic rings. The Labute approximate surface area is 230 Å². The van der Waals surface area contributed by atoms with Crippen molar-refractivity contribution in [3.63, 3.8) is 0 Å². The number of anilines is 3. The Morgan fingerprint density at radius 3 is 1.84 bits per heavy atom. The first kappa shape index (κ1) is 24.3. The Hall–Kier alpha value is -4.07. The molecule has 0 N–H and O–H groups in total. The van der Waals surface area contributed by atoms with E-state index >= 15 is 0 Å². The second-order valence-corrected chi connectivity index (χ2v) is 10.3. The van der Waals surface area contributed by atoms with Gasteiger partial charge in [-0.1, -0.05) is 90.5 Å². The number of para-hydroxylation sites is 1. The van der Waals surface area contributed by atoms with Crippen LogP contribution in [0, 0.1) is 0 Å². The second kappa shape index (κ2) is 11.1. The van der Waals surface area contributed by atoms with E-state index in [1.165, 1.54) is 53.6 Å². The van der Waals surface area contributed by atoms with E-state index in [1.54, 1.807) is 0 Å². The van der Waals surface area contributed by atoms with Crippen LogP contribution in [0.25, 0.3) is 11.6 Å². The van der Waals surface area contributed by atoms with Gasteiger partial charge in [-0.3, -0.25) is 0 Å². The summed E-state index contributed by atoms with van der Waals surface area (Å²) in [7, 11) is 0. The van der Waals surface area contributed by atoms with Gasteiger partial charge in [0.25, 0.3) is 0 Å². The molecular formula is C36H30ClN. The highest BCUT2D eigenvalue weighted by molar-refractivity contribution is 6.30. The topological polar surface area (TPSA) is 3.24 Å². The van der Waals surface area contributed by atoms with E-state index in [0.29, 0.717) is 0 Å². The van der Waals surface area contributed by atoms with Crippen LogP contribution in [0.4, 0.5) is 17.1 Å². The van der Waals surface area contributed by atoms with Crippen molar-refractivity contribution in [2.75, 3.05) is 4.90 Å². The molecule has 1 nitrogen and oxygen atoms in total. The van der Waals surface area contributed by atoms with E-state index in [4.69, 9.17) is 11.6 Å². The van der Waals surface area contributed by atoms with E-state index in [-0.39, 0.29) is 0 Å². The van der Waals surface area contributed by atoms with Gasteiger partial charge in [-0.15, -0.1) is 0 Å². The summed E-state index contributed by atoms with van der Waals surface area (Å²) in [5.74, 6) is 0. The highest BCUT2D eigenvalue weighted by Gasteiger charge is 2.16. The molecule has 0 aromatic heterocycles. The average molecular weight is 512 g/mol. The van der Waals surface area contributed by atoms with Crippen molar-refractivity contribution < 1.29 is 0 Å². The summed E-state index contributed by atoms with van der Waals surface area (Å²) < 4.78 is 0. The van der Waals surface area contributed by atoms with Gasteiger partial charge < -0.3 is 4.90 Å². The van der Waals surface area contributed by atoms with Gasteiger partial charge in [-0.05, 0) is 114 Å². The molecule has 1 aliphatic carbocycles. The normalized spacial score (nSPS) is 13.1. The van der Waals surface area contributed by atoms with Crippen molar-refractivity contribution in [3.05, 3.63) is 160 Å². The lowest BCUT2D eigenvalue weighted by Crippen LogP contribution is -2.11. The highest BCUT2D eigenvalue weighted by atomic mass is 35.5. The zero-order valence-electron chi connectivity index (χ0n) is 21.4. The van der Waals surface area contributed by atoms with Crippen molar-refractivity contribution in [1.82, 2.24) is 0 Å². The molecule has 0 saturated carbocycles. The molecule has 6 rings (SSSR count). The molecule has 0 amide bonds. The Morgan fingerprint density at radius 1 is 0.553 bits per heavy atom. The van der Waals surface area contributed by atoms with E-state index in [1.807, 2.05) is 12.1 Å². The van der Waals surface area contributed by atoms with Gasteiger partial charge in [-0.25, -0.2) is 0 Å². The number of nitrogens with zero attached hydrogens (tertiary/aromatic N) is 1. The van der Waals surface area contributed by atoms with Gasteiger partial charge in [0, 0.05) is 22.1 Å². The second-order valence-electron chi connectivity index (χ2n) is 9.85. The molecule has 0 saturated heterocycles. The number of fused-ring (bicyclic) bond motifs is 1. The van der Waals surface area contributed by atoms with Crippen LogP contribution in [-0.4, -0.2) is 0 Å². The first-order valence-corrected chi connectivity index (χ1v) is 13.7. The lowest BCUT2D eigenvalue weighted by Gasteiger charge is -2.27. The standard InChI is InChI=1S/C36H30ClN/c37-32-20-17-30(18-21-32)36(29-10-3-1-4-11-29)25-27-15-22-34(23-16-27)38(33-13-5-2-6-14-33)35-24-19-28-9-7-8-12-31(28)26-35/h1-6,10-11,13-26H,7-9,12H2. The predicted octanol–water partition coefficient (Wildman–Crippen LogP) is 10.3. The first-order chi connectivity index (χ1) is 18.7. The third-order valence-corrected chi connectivity index (χ3v) is 7.56. The van der Waals surface area contributed by atoms with Crippen LogP contribution in [0.15, 0.2) is 127 Å². The summed E-state index contributed by atoms with van der Waals surface area (Å²) in [6.45, 7) is 0. The van der Waals surface area contributed by atoms with Crippen molar-refractivity contribution >= 4 is 40.3 Å². The number of hydrogen-bond donors (Lipinski definition) is 0. The van der Waals surface area contributed by atoms with Crippen LogP contribution in [0.2, 0.25) is 5.02 Å². The highest BCUT2D eigenvalue weighted by Crippen LogP contribution is 2.37. The summed E-state index contributed by atoms with van der Waals surface area (Å²) >= 11 is 6.19. The number of aryl methyl sites for hydroxylation is 2. The molecule has 0 unspecified atom stereocenters. The SMILES string of the molecule is Clc1ccc(C(=Cc2ccc(N(c3ccccc3)c3ccc4c(c3)CCCC4)cc2)c2ccccc2)cc1. The Bertz CT molecular complexity index is 1540. The van der Waals surface area contributed by atoms with Gasteiger partial charge in [0.1, 0.15) is 0 Å². The maximum atomic E-state index is 6.19. The van der Waals surface area contributed by atoms with E-state index in [0.717, 1.165) is 27.5 Å². The van der Waals surface area contributed by atoms with Crippen LogP contribution < -0.4 is 4.90 Å². The zero-order chi connectivity index (χ0) is 25.7. The molecule has 0 heterocycles. The summed E-state index contributed by atoms with van der Waals surface area (Å²) in [5.41, 5.74) is 11.2. The third kappa shape index (κ3) is 5.30. The van der Waals surface area contributed by atoms with Crippen LogP contribution in [0.3, 0.4) is 0 Å². The fraction of sp³-hybridized carbons (Fsp3) is 0.111. The quantitative estimate of drug-likeness (QED) is 0.205. The lowest BCUT2D eigenvalue weighted by molar-refractivity contribution is 0.685. The molecule has 0 fully saturated rings. The van der Waals surface area contributed by atoms with Crippen LogP contribution in [0.5, 0.6) is 0 Å². The van der Waals surface area contributed by atoms with Crippen molar-refractivity contribution in [2.24, 2.45) is 0 Å². The monoisotopic (exact) mass is 511 g/mol. The fourth-order valence-corrected chi connectivity index (χ4v) is 5.48. The smallest absolute Gasteiger partial charge is 0.0464 e. The number of rotatable bonds is 6. The van der Waals surface area contributed by atoms with Gasteiger partial charge in [0.15, 0.2) is 0 Å². The van der Waals surface area contributed by atoms with Gasteiger partial charge in [0.2, 0.25) is 0 Å². The van der Waals surface area contributed by atoms with Crippen LogP contribution >= 0.6 is 11.6 Å². The third-order valence-electron chi connectivity index (χ3n) is 7.31. The Balaban J connectivity index is 1.39. The van der Waals surface area contributed by atoms with Gasteiger partial charge in [-0.2, -0.15) is 0 Å². The minimum absolute atomic E-state index is 0.744. The minimum Gasteiger partial charge on any atom is -0.310 e. The molecule has 5 aromatic carbocycles. The fourth-order valence-electron chi connectivity index (χ4n) is 5.35. The molecule has 38 heavy (non-hydrogen) atoms. The molecule has 186 valence electrons. The summed E-state index contributed by atoms with van der Waals surface area (Å²) in [4.78, 5) is 2.36. The van der Waals surface area contributed by atoms with Gasteiger partial charge >= 0.3 is 0 Å². The maximum Gasteiger partial charge on any atom is 0.0464 e. The molecule has 0 radical (unpaired) electrons. The number of halogens is 1. The van der Waals surface area contributed by atoms with Crippen molar-refractivity contribution in [1.29, 1.82) is 0 Å². The number of hydrogen-bond acceptors (Lipinski definition) is 1. The molecule has 0 spiro atoms. The van der Waals surface area contributed by atoms with Crippen molar-refractivity contribution in [3.8, 4) is 0 Å². The number of benzene rings is 5. The van der Waals surface area contributed by atoms with Crippen molar-refractivity contribution in [2.45, 2.75) is 25.7 Å². The minimum atomic E-state index is 0.744. The van der Waals surface area contributed by atoms with E-state index in [2.05, 4.69) is 126 Å².